The van der Waals surface area contributed by atoms with Gasteiger partial charge >= 0.3 is 0 Å². The second kappa shape index (κ2) is 8.64. The van der Waals surface area contributed by atoms with E-state index >= 15 is 0 Å². The molecule has 2 aromatic rings. The number of nitrogens with one attached hydrogen (secondary N) is 1. The summed E-state index contributed by atoms with van der Waals surface area (Å²) in [6.07, 6.45) is 1.04. The third-order valence-corrected chi connectivity index (χ3v) is 7.43. The fourth-order valence-electron chi connectivity index (χ4n) is 3.36. The molecule has 5 nitrogen and oxygen atoms in total. The molecule has 0 atom stereocenters. The van der Waals surface area contributed by atoms with E-state index in [2.05, 4.69) is 5.32 Å². The van der Waals surface area contributed by atoms with E-state index < -0.39 is 10.0 Å². The zero-order valence-electron chi connectivity index (χ0n) is 16.1. The molecule has 1 fully saturated rings. The van der Waals surface area contributed by atoms with Gasteiger partial charge < -0.3 is 5.32 Å². The molecule has 1 heterocycles. The quantitative estimate of drug-likeness (QED) is 0.802. The largest absolute Gasteiger partial charge is 0.352 e. The van der Waals surface area contributed by atoms with E-state index in [1.807, 2.05) is 38.1 Å². The van der Waals surface area contributed by atoms with Crippen LogP contribution < -0.4 is 5.32 Å². The topological polar surface area (TPSA) is 66.5 Å². The zero-order chi connectivity index (χ0) is 20.3. The van der Waals surface area contributed by atoms with E-state index in [-0.39, 0.29) is 11.8 Å². The van der Waals surface area contributed by atoms with Crippen molar-refractivity contribution in [3.8, 4) is 0 Å². The molecule has 1 N–H and O–H groups in total. The monoisotopic (exact) mass is 420 g/mol. The Morgan fingerprint density at radius 2 is 1.82 bits per heavy atom. The molecule has 0 saturated carbocycles. The number of carbonyl (C=O) groups excluding carboxylic acids is 1. The Labute approximate surface area is 171 Å². The maximum Gasteiger partial charge on any atom is 0.243 e. The molecule has 0 unspecified atom stereocenters. The van der Waals surface area contributed by atoms with Gasteiger partial charge in [-0.1, -0.05) is 29.8 Å². The average Bonchev–Trinajstić information content (AvgIpc) is 2.68. The normalized spacial score (nSPS) is 16.1. The maximum absolute atomic E-state index is 12.9. The molecular weight excluding hydrogens is 396 g/mol. The molecule has 0 radical (unpaired) electrons. The van der Waals surface area contributed by atoms with E-state index in [0.29, 0.717) is 42.4 Å². The standard InChI is InChI=1S/C21H25ClN2O3S/c1-15-6-7-20(12-16(15)2)28(26,27)24-10-8-18(9-11-24)21(25)23-14-17-4-3-5-19(22)13-17/h3-7,12-13,18H,8-11,14H2,1-2H3,(H,23,25). The van der Waals surface area contributed by atoms with Crippen molar-refractivity contribution in [1.82, 2.24) is 9.62 Å². The van der Waals surface area contributed by atoms with Gasteiger partial charge in [-0.3, -0.25) is 4.79 Å². The summed E-state index contributed by atoms with van der Waals surface area (Å²) in [5, 5.41) is 3.57. The summed E-state index contributed by atoms with van der Waals surface area (Å²) in [5.41, 5.74) is 2.96. The van der Waals surface area contributed by atoms with Crippen LogP contribution in [-0.2, 0) is 21.4 Å². The number of hydrogen-bond donors (Lipinski definition) is 1. The van der Waals surface area contributed by atoms with Gasteiger partial charge in [0.15, 0.2) is 0 Å². The molecule has 3 rings (SSSR count). The number of halogens is 1. The highest BCUT2D eigenvalue weighted by Gasteiger charge is 2.32. The highest BCUT2D eigenvalue weighted by molar-refractivity contribution is 7.89. The summed E-state index contributed by atoms with van der Waals surface area (Å²) in [5.74, 6) is -0.214. The van der Waals surface area contributed by atoms with Crippen LogP contribution in [0.5, 0.6) is 0 Å². The molecule has 28 heavy (non-hydrogen) atoms. The van der Waals surface area contributed by atoms with Crippen LogP contribution in [0.2, 0.25) is 5.02 Å². The molecule has 7 heteroatoms. The van der Waals surface area contributed by atoms with Crippen molar-refractivity contribution in [2.24, 2.45) is 5.92 Å². The zero-order valence-corrected chi connectivity index (χ0v) is 17.7. The van der Waals surface area contributed by atoms with Crippen molar-refractivity contribution in [2.45, 2.75) is 38.1 Å². The Morgan fingerprint density at radius 1 is 1.11 bits per heavy atom. The van der Waals surface area contributed by atoms with E-state index in [4.69, 9.17) is 11.6 Å². The van der Waals surface area contributed by atoms with Crippen LogP contribution in [0.3, 0.4) is 0 Å². The van der Waals surface area contributed by atoms with Gasteiger partial charge in [0.2, 0.25) is 15.9 Å². The lowest BCUT2D eigenvalue weighted by Crippen LogP contribution is -2.42. The van der Waals surface area contributed by atoms with Gasteiger partial charge in [0, 0.05) is 30.6 Å². The summed E-state index contributed by atoms with van der Waals surface area (Å²) >= 11 is 5.96. The minimum Gasteiger partial charge on any atom is -0.352 e. The minimum absolute atomic E-state index is 0.0387. The molecule has 2 aromatic carbocycles. The molecule has 0 aliphatic carbocycles. The smallest absolute Gasteiger partial charge is 0.243 e. The van der Waals surface area contributed by atoms with Gasteiger partial charge in [-0.25, -0.2) is 8.42 Å². The first-order chi connectivity index (χ1) is 13.3. The highest BCUT2D eigenvalue weighted by Crippen LogP contribution is 2.25. The number of amides is 1. The fraction of sp³-hybridized carbons (Fsp3) is 0.381. The molecule has 150 valence electrons. The van der Waals surface area contributed by atoms with Gasteiger partial charge in [-0.2, -0.15) is 4.31 Å². The van der Waals surface area contributed by atoms with Crippen LogP contribution in [0.25, 0.3) is 0 Å². The number of piperidine rings is 1. The molecule has 1 aliphatic rings. The lowest BCUT2D eigenvalue weighted by Gasteiger charge is -2.30. The number of sulfonamides is 1. The van der Waals surface area contributed by atoms with Crippen molar-refractivity contribution in [3.63, 3.8) is 0 Å². The first-order valence-electron chi connectivity index (χ1n) is 9.37. The second-order valence-corrected chi connectivity index (χ2v) is 9.65. The number of hydrogen-bond acceptors (Lipinski definition) is 3. The van der Waals surface area contributed by atoms with Crippen LogP contribution in [0.1, 0.15) is 29.5 Å². The van der Waals surface area contributed by atoms with E-state index in [1.54, 1.807) is 18.2 Å². The van der Waals surface area contributed by atoms with Gasteiger partial charge in [-0.05, 0) is 67.6 Å². The Morgan fingerprint density at radius 3 is 2.46 bits per heavy atom. The van der Waals surface area contributed by atoms with Crippen molar-refractivity contribution >= 4 is 27.5 Å². The van der Waals surface area contributed by atoms with Crippen molar-refractivity contribution in [3.05, 3.63) is 64.2 Å². The van der Waals surface area contributed by atoms with Crippen molar-refractivity contribution < 1.29 is 13.2 Å². The minimum atomic E-state index is -3.52. The van der Waals surface area contributed by atoms with Crippen LogP contribution >= 0.6 is 11.6 Å². The number of benzene rings is 2. The fourth-order valence-corrected chi connectivity index (χ4v) is 5.13. The van der Waals surface area contributed by atoms with E-state index in [1.165, 1.54) is 4.31 Å². The summed E-state index contributed by atoms with van der Waals surface area (Å²) in [6.45, 7) is 4.99. The Kier molecular flexibility index (Phi) is 6.43. The number of nitrogens with zero attached hydrogens (tertiary/aromatic N) is 1. The van der Waals surface area contributed by atoms with Gasteiger partial charge in [-0.15, -0.1) is 0 Å². The Bertz CT molecular complexity index is 967. The molecular formula is C21H25ClN2O3S. The van der Waals surface area contributed by atoms with Crippen molar-refractivity contribution in [2.75, 3.05) is 13.1 Å². The maximum atomic E-state index is 12.9. The average molecular weight is 421 g/mol. The first-order valence-corrected chi connectivity index (χ1v) is 11.2. The molecule has 0 spiro atoms. The van der Waals surface area contributed by atoms with Gasteiger partial charge in [0.05, 0.1) is 4.90 Å². The second-order valence-electron chi connectivity index (χ2n) is 7.27. The summed E-state index contributed by atoms with van der Waals surface area (Å²) in [6, 6.07) is 12.6. The van der Waals surface area contributed by atoms with Gasteiger partial charge in [0.1, 0.15) is 0 Å². The summed E-state index contributed by atoms with van der Waals surface area (Å²) < 4.78 is 27.2. The first kappa shape index (κ1) is 20.8. The highest BCUT2D eigenvalue weighted by atomic mass is 35.5. The number of rotatable bonds is 5. The third kappa shape index (κ3) is 4.74. The predicted octanol–water partition coefficient (Wildman–Crippen LogP) is 3.67. The number of aryl methyl sites for hydroxylation is 2. The summed E-state index contributed by atoms with van der Waals surface area (Å²) in [4.78, 5) is 12.8. The predicted molar refractivity (Wildman–Crippen MR) is 111 cm³/mol. The lowest BCUT2D eigenvalue weighted by atomic mass is 9.97. The van der Waals surface area contributed by atoms with Crippen LogP contribution in [0.4, 0.5) is 0 Å². The Hall–Kier alpha value is -1.89. The lowest BCUT2D eigenvalue weighted by molar-refractivity contribution is -0.126. The third-order valence-electron chi connectivity index (χ3n) is 5.30. The number of carbonyl (C=O) groups is 1. The Balaban J connectivity index is 1.57. The van der Waals surface area contributed by atoms with Crippen LogP contribution in [0, 0.1) is 19.8 Å². The van der Waals surface area contributed by atoms with Crippen LogP contribution in [-0.4, -0.2) is 31.7 Å². The molecule has 1 aliphatic heterocycles. The van der Waals surface area contributed by atoms with Crippen LogP contribution in [0.15, 0.2) is 47.4 Å². The molecule has 1 amide bonds. The van der Waals surface area contributed by atoms with E-state index in [0.717, 1.165) is 16.7 Å². The van der Waals surface area contributed by atoms with Gasteiger partial charge in [0.25, 0.3) is 0 Å². The molecule has 0 aromatic heterocycles. The molecule has 1 saturated heterocycles. The SMILES string of the molecule is Cc1ccc(S(=O)(=O)N2CCC(C(=O)NCc3cccc(Cl)c3)CC2)cc1C. The van der Waals surface area contributed by atoms with Crippen molar-refractivity contribution in [1.29, 1.82) is 0 Å². The van der Waals surface area contributed by atoms with E-state index in [9.17, 15) is 13.2 Å². The molecule has 0 bridgehead atoms. The summed E-state index contributed by atoms with van der Waals surface area (Å²) in [7, 11) is -3.52.